The number of carbonyl (C=O) groups excluding carboxylic acids is 3. The van der Waals surface area contributed by atoms with Gasteiger partial charge in [-0.05, 0) is 78.7 Å². The second-order valence-electron chi connectivity index (χ2n) is 8.94. The third kappa shape index (κ3) is 8.42. The Morgan fingerprint density at radius 3 is 2.17 bits per heavy atom. The normalized spacial score (nSPS) is 10.9. The van der Waals surface area contributed by atoms with Crippen molar-refractivity contribution in [1.29, 1.82) is 0 Å². The molecule has 4 rings (SSSR count). The number of carboxylic acids is 1. The second-order valence-corrected chi connectivity index (χ2v) is 9.98. The lowest BCUT2D eigenvalue weighted by atomic mass is 10.1. The molecule has 0 bridgehead atoms. The summed E-state index contributed by atoms with van der Waals surface area (Å²) < 4.78 is 0. The van der Waals surface area contributed by atoms with E-state index in [0.29, 0.717) is 16.9 Å². The van der Waals surface area contributed by atoms with Gasteiger partial charge in [0, 0.05) is 21.8 Å². The Labute approximate surface area is 241 Å². The fraction of sp³-hybridized carbons (Fsp3) is 0.0625. The third-order valence-corrected chi connectivity index (χ3v) is 6.89. The van der Waals surface area contributed by atoms with Gasteiger partial charge in [0.25, 0.3) is 11.8 Å². The van der Waals surface area contributed by atoms with Crippen LogP contribution in [0.1, 0.15) is 31.8 Å². The maximum atomic E-state index is 13.3. The van der Waals surface area contributed by atoms with Crippen LogP contribution in [0.4, 0.5) is 11.4 Å². The molecule has 0 heterocycles. The van der Waals surface area contributed by atoms with E-state index < -0.39 is 17.8 Å². The SMILES string of the molecule is Cc1ccccc1/C=C(\NC(=O)c1ccccc1)C(=O)Nc1cccc(SCC(=O)Nc2ccc(C(=O)O)cc2)c1. The van der Waals surface area contributed by atoms with Crippen molar-refractivity contribution < 1.29 is 24.3 Å². The van der Waals surface area contributed by atoms with Crippen molar-refractivity contribution >= 4 is 52.9 Å². The fourth-order valence-corrected chi connectivity index (χ4v) is 4.51. The average molecular weight is 566 g/mol. The van der Waals surface area contributed by atoms with E-state index in [1.165, 1.54) is 36.0 Å². The first-order valence-electron chi connectivity index (χ1n) is 12.6. The summed E-state index contributed by atoms with van der Waals surface area (Å²) >= 11 is 1.28. The summed E-state index contributed by atoms with van der Waals surface area (Å²) in [5, 5.41) is 17.3. The van der Waals surface area contributed by atoms with Crippen molar-refractivity contribution in [2.75, 3.05) is 16.4 Å². The molecule has 0 saturated carbocycles. The predicted molar refractivity (Wildman–Crippen MR) is 161 cm³/mol. The molecule has 0 aliphatic rings. The molecule has 9 heteroatoms. The van der Waals surface area contributed by atoms with Gasteiger partial charge in [0.2, 0.25) is 5.91 Å². The van der Waals surface area contributed by atoms with Crippen molar-refractivity contribution in [3.8, 4) is 0 Å². The van der Waals surface area contributed by atoms with Crippen LogP contribution < -0.4 is 16.0 Å². The number of amides is 3. The lowest BCUT2D eigenvalue weighted by Crippen LogP contribution is -2.30. The average Bonchev–Trinajstić information content (AvgIpc) is 2.97. The number of aromatic carboxylic acids is 1. The van der Waals surface area contributed by atoms with Crippen LogP contribution in [-0.4, -0.2) is 34.6 Å². The van der Waals surface area contributed by atoms with E-state index in [4.69, 9.17) is 5.11 Å². The Morgan fingerprint density at radius 1 is 0.756 bits per heavy atom. The molecule has 4 aromatic carbocycles. The van der Waals surface area contributed by atoms with Crippen LogP contribution in [0.3, 0.4) is 0 Å². The molecule has 0 unspecified atom stereocenters. The number of hydrogen-bond donors (Lipinski definition) is 4. The van der Waals surface area contributed by atoms with E-state index in [0.717, 1.165) is 16.0 Å². The highest BCUT2D eigenvalue weighted by Gasteiger charge is 2.16. The number of carbonyl (C=O) groups is 4. The molecule has 0 spiro atoms. The lowest BCUT2D eigenvalue weighted by Gasteiger charge is -2.13. The summed E-state index contributed by atoms with van der Waals surface area (Å²) in [6.45, 7) is 1.92. The summed E-state index contributed by atoms with van der Waals surface area (Å²) in [5.74, 6) is -2.11. The molecule has 0 fully saturated rings. The van der Waals surface area contributed by atoms with E-state index in [9.17, 15) is 19.2 Å². The van der Waals surface area contributed by atoms with Crippen molar-refractivity contribution in [2.45, 2.75) is 11.8 Å². The highest BCUT2D eigenvalue weighted by atomic mass is 32.2. The molecule has 0 saturated heterocycles. The predicted octanol–water partition coefficient (Wildman–Crippen LogP) is 5.83. The molecule has 0 atom stereocenters. The van der Waals surface area contributed by atoms with Crippen LogP contribution in [0.25, 0.3) is 6.08 Å². The van der Waals surface area contributed by atoms with Crippen LogP contribution in [0.15, 0.2) is 114 Å². The van der Waals surface area contributed by atoms with Gasteiger partial charge >= 0.3 is 5.97 Å². The summed E-state index contributed by atoms with van der Waals surface area (Å²) in [6, 6.07) is 29.1. The van der Waals surface area contributed by atoms with Gasteiger partial charge in [-0.15, -0.1) is 11.8 Å². The lowest BCUT2D eigenvalue weighted by molar-refractivity contribution is -0.114. The molecular weight excluding hydrogens is 538 g/mol. The van der Waals surface area contributed by atoms with Crippen LogP contribution in [-0.2, 0) is 9.59 Å². The quantitative estimate of drug-likeness (QED) is 0.142. The number of rotatable bonds is 10. The Hall–Kier alpha value is -5.15. The van der Waals surface area contributed by atoms with E-state index >= 15 is 0 Å². The Bertz CT molecular complexity index is 1600. The number of nitrogens with one attached hydrogen (secondary N) is 3. The van der Waals surface area contributed by atoms with Crippen molar-refractivity contribution in [3.05, 3.63) is 131 Å². The molecule has 0 aliphatic carbocycles. The number of hydrogen-bond acceptors (Lipinski definition) is 5. The van der Waals surface area contributed by atoms with E-state index in [2.05, 4.69) is 16.0 Å². The number of thioether (sulfide) groups is 1. The second kappa shape index (κ2) is 13.8. The Morgan fingerprint density at radius 2 is 1.46 bits per heavy atom. The zero-order chi connectivity index (χ0) is 29.2. The molecule has 4 aromatic rings. The zero-order valence-corrected chi connectivity index (χ0v) is 22.9. The number of aryl methyl sites for hydroxylation is 1. The van der Waals surface area contributed by atoms with Crippen molar-refractivity contribution in [2.24, 2.45) is 0 Å². The highest BCUT2D eigenvalue weighted by Crippen LogP contribution is 2.23. The summed E-state index contributed by atoms with van der Waals surface area (Å²) in [6.07, 6.45) is 1.64. The van der Waals surface area contributed by atoms with E-state index in [1.807, 2.05) is 37.3 Å². The van der Waals surface area contributed by atoms with Crippen LogP contribution >= 0.6 is 11.8 Å². The van der Waals surface area contributed by atoms with E-state index in [1.54, 1.807) is 54.6 Å². The number of carboxylic acid groups (broad SMARTS) is 1. The fourth-order valence-electron chi connectivity index (χ4n) is 3.75. The topological polar surface area (TPSA) is 125 Å². The van der Waals surface area contributed by atoms with Gasteiger partial charge in [-0.25, -0.2) is 4.79 Å². The molecule has 206 valence electrons. The zero-order valence-electron chi connectivity index (χ0n) is 22.1. The molecule has 4 N–H and O–H groups in total. The minimum Gasteiger partial charge on any atom is -0.478 e. The van der Waals surface area contributed by atoms with Gasteiger partial charge in [-0.2, -0.15) is 0 Å². The molecule has 0 radical (unpaired) electrons. The van der Waals surface area contributed by atoms with Crippen LogP contribution in [0.5, 0.6) is 0 Å². The van der Waals surface area contributed by atoms with Crippen LogP contribution in [0, 0.1) is 6.92 Å². The van der Waals surface area contributed by atoms with Gasteiger partial charge in [0.05, 0.1) is 11.3 Å². The van der Waals surface area contributed by atoms with Crippen molar-refractivity contribution in [3.63, 3.8) is 0 Å². The molecule has 3 amide bonds. The summed E-state index contributed by atoms with van der Waals surface area (Å²) in [4.78, 5) is 50.4. The Balaban J connectivity index is 1.43. The van der Waals surface area contributed by atoms with Crippen LogP contribution in [0.2, 0.25) is 0 Å². The smallest absolute Gasteiger partial charge is 0.335 e. The van der Waals surface area contributed by atoms with E-state index in [-0.39, 0.29) is 22.9 Å². The first-order valence-corrected chi connectivity index (χ1v) is 13.6. The van der Waals surface area contributed by atoms with Gasteiger partial charge in [0.1, 0.15) is 5.70 Å². The highest BCUT2D eigenvalue weighted by molar-refractivity contribution is 8.00. The molecule has 0 aromatic heterocycles. The molecular formula is C32H27N3O5S. The number of benzene rings is 4. The largest absolute Gasteiger partial charge is 0.478 e. The van der Waals surface area contributed by atoms with Gasteiger partial charge in [-0.1, -0.05) is 48.5 Å². The minimum absolute atomic E-state index is 0.0829. The summed E-state index contributed by atoms with van der Waals surface area (Å²) in [7, 11) is 0. The van der Waals surface area contributed by atoms with Gasteiger partial charge < -0.3 is 21.1 Å². The number of anilines is 2. The molecule has 8 nitrogen and oxygen atoms in total. The Kier molecular flexibility index (Phi) is 9.69. The first-order chi connectivity index (χ1) is 19.8. The molecule has 41 heavy (non-hydrogen) atoms. The van der Waals surface area contributed by atoms with Gasteiger partial charge in [0.15, 0.2) is 0 Å². The first kappa shape index (κ1) is 28.8. The maximum absolute atomic E-state index is 13.3. The third-order valence-electron chi connectivity index (χ3n) is 5.89. The van der Waals surface area contributed by atoms with Gasteiger partial charge in [-0.3, -0.25) is 14.4 Å². The minimum atomic E-state index is -1.04. The van der Waals surface area contributed by atoms with Crippen molar-refractivity contribution in [1.82, 2.24) is 5.32 Å². The molecule has 0 aliphatic heterocycles. The summed E-state index contributed by atoms with van der Waals surface area (Å²) in [5.41, 5.74) is 3.36. The maximum Gasteiger partial charge on any atom is 0.335 e. The monoisotopic (exact) mass is 565 g/mol. The standard InChI is InChI=1S/C32H27N3O5S/c1-21-8-5-6-11-24(21)18-28(35-30(37)22-9-3-2-4-10-22)31(38)34-26-12-7-13-27(19-26)41-20-29(36)33-25-16-14-23(15-17-25)32(39)40/h2-19H,20H2,1H3,(H,33,36)(H,34,38)(H,35,37)(H,39,40)/b28-18-.